The second kappa shape index (κ2) is 6.72. The molecule has 2 aromatic carbocycles. The van der Waals surface area contributed by atoms with Crippen LogP contribution in [0.2, 0.25) is 5.02 Å². The Kier molecular flexibility index (Phi) is 4.26. The molecule has 1 aromatic heterocycles. The second-order valence-corrected chi connectivity index (χ2v) is 5.99. The van der Waals surface area contributed by atoms with Crippen LogP contribution in [0.4, 0.5) is 14.7 Å². The number of nitrogens with zero attached hydrogens (tertiary/aromatic N) is 4. The second-order valence-electron chi connectivity index (χ2n) is 5.55. The van der Waals surface area contributed by atoms with Crippen LogP contribution >= 0.6 is 11.6 Å². The Balaban J connectivity index is 1.70. The molecule has 2 heterocycles. The highest BCUT2D eigenvalue weighted by Gasteiger charge is 2.24. The Morgan fingerprint density at radius 2 is 1.81 bits per heavy atom. The highest BCUT2D eigenvalue weighted by molar-refractivity contribution is 6.30. The van der Waals surface area contributed by atoms with Crippen molar-refractivity contribution in [2.24, 2.45) is 0 Å². The van der Waals surface area contributed by atoms with E-state index in [4.69, 9.17) is 11.6 Å². The number of aromatic nitrogens is 4. The summed E-state index contributed by atoms with van der Waals surface area (Å²) >= 11 is 5.95. The SMILES string of the molecule is FC(F)Oc1ccc([C@@H]2C=C(c3ccc(Cl)cc3)Nc3nnnn32)cc1. The van der Waals surface area contributed by atoms with Gasteiger partial charge >= 0.3 is 6.61 Å². The van der Waals surface area contributed by atoms with E-state index >= 15 is 0 Å². The topological polar surface area (TPSA) is 64.9 Å². The quantitative estimate of drug-likeness (QED) is 0.747. The van der Waals surface area contributed by atoms with Crippen LogP contribution in [0, 0.1) is 0 Å². The van der Waals surface area contributed by atoms with Crippen molar-refractivity contribution in [3.8, 4) is 5.75 Å². The third kappa shape index (κ3) is 3.23. The molecule has 0 fully saturated rings. The Morgan fingerprint density at radius 1 is 1.08 bits per heavy atom. The van der Waals surface area contributed by atoms with Gasteiger partial charge < -0.3 is 10.1 Å². The zero-order chi connectivity index (χ0) is 18.1. The first-order valence-corrected chi connectivity index (χ1v) is 8.05. The van der Waals surface area contributed by atoms with E-state index in [2.05, 4.69) is 25.6 Å². The first-order valence-electron chi connectivity index (χ1n) is 7.67. The number of alkyl halides is 2. The molecule has 132 valence electrons. The lowest BCUT2D eigenvalue weighted by atomic mass is 10.0. The lowest BCUT2D eigenvalue weighted by Crippen LogP contribution is -2.20. The van der Waals surface area contributed by atoms with Crippen LogP contribution in [0.1, 0.15) is 17.2 Å². The van der Waals surface area contributed by atoms with Crippen LogP contribution in [-0.2, 0) is 0 Å². The number of rotatable bonds is 4. The molecule has 6 nitrogen and oxygen atoms in total. The summed E-state index contributed by atoms with van der Waals surface area (Å²) in [6.07, 6.45) is 1.95. The van der Waals surface area contributed by atoms with Gasteiger partial charge in [-0.3, -0.25) is 0 Å². The van der Waals surface area contributed by atoms with Crippen LogP contribution in [-0.4, -0.2) is 26.8 Å². The largest absolute Gasteiger partial charge is 0.435 e. The Hall–Kier alpha value is -3.00. The average molecular weight is 376 g/mol. The van der Waals surface area contributed by atoms with Crippen molar-refractivity contribution in [1.29, 1.82) is 0 Å². The highest BCUT2D eigenvalue weighted by Crippen LogP contribution is 2.32. The molecule has 1 aliphatic rings. The van der Waals surface area contributed by atoms with Gasteiger partial charge in [-0.1, -0.05) is 41.0 Å². The smallest absolute Gasteiger partial charge is 0.387 e. The van der Waals surface area contributed by atoms with Gasteiger partial charge in [0, 0.05) is 10.7 Å². The number of anilines is 1. The molecule has 4 rings (SSSR count). The summed E-state index contributed by atoms with van der Waals surface area (Å²) in [7, 11) is 0. The number of fused-ring (bicyclic) bond motifs is 1. The number of halogens is 3. The predicted molar refractivity (Wildman–Crippen MR) is 92.1 cm³/mol. The molecule has 0 amide bonds. The number of allylic oxidation sites excluding steroid dienone is 1. The van der Waals surface area contributed by atoms with Crippen molar-refractivity contribution >= 4 is 23.2 Å². The number of hydrogen-bond acceptors (Lipinski definition) is 5. The fourth-order valence-corrected chi connectivity index (χ4v) is 2.86. The van der Waals surface area contributed by atoms with E-state index in [-0.39, 0.29) is 11.8 Å². The minimum Gasteiger partial charge on any atom is -0.435 e. The van der Waals surface area contributed by atoms with Crippen LogP contribution in [0.5, 0.6) is 5.75 Å². The molecular weight excluding hydrogens is 364 g/mol. The molecule has 0 aliphatic carbocycles. The number of benzene rings is 2. The van der Waals surface area contributed by atoms with Gasteiger partial charge in [0.05, 0.1) is 0 Å². The Bertz CT molecular complexity index is 941. The van der Waals surface area contributed by atoms with E-state index in [9.17, 15) is 8.78 Å². The third-order valence-electron chi connectivity index (χ3n) is 3.93. The van der Waals surface area contributed by atoms with Crippen molar-refractivity contribution in [2.45, 2.75) is 12.7 Å². The molecule has 26 heavy (non-hydrogen) atoms. The first-order chi connectivity index (χ1) is 12.6. The molecule has 1 atom stereocenters. The number of nitrogens with one attached hydrogen (secondary N) is 1. The van der Waals surface area contributed by atoms with Crippen molar-refractivity contribution in [2.75, 3.05) is 5.32 Å². The normalized spacial score (nSPS) is 16.0. The molecule has 0 saturated carbocycles. The van der Waals surface area contributed by atoms with Crippen molar-refractivity contribution in [3.05, 3.63) is 70.8 Å². The fraction of sp³-hybridized carbons (Fsp3) is 0.118. The summed E-state index contributed by atoms with van der Waals surface area (Å²) in [5, 5.41) is 15.5. The van der Waals surface area contributed by atoms with E-state index < -0.39 is 6.61 Å². The number of tetrazole rings is 1. The van der Waals surface area contributed by atoms with Gasteiger partial charge in [0.1, 0.15) is 11.8 Å². The maximum absolute atomic E-state index is 12.3. The minimum absolute atomic E-state index is 0.0940. The summed E-state index contributed by atoms with van der Waals surface area (Å²) < 4.78 is 30.6. The van der Waals surface area contributed by atoms with Crippen LogP contribution in [0.3, 0.4) is 0 Å². The summed E-state index contributed by atoms with van der Waals surface area (Å²) in [5.74, 6) is 0.576. The Morgan fingerprint density at radius 3 is 2.50 bits per heavy atom. The van der Waals surface area contributed by atoms with Crippen molar-refractivity contribution < 1.29 is 13.5 Å². The Labute approximate surface area is 152 Å². The van der Waals surface area contributed by atoms with Crippen LogP contribution in [0.15, 0.2) is 54.6 Å². The van der Waals surface area contributed by atoms with Crippen LogP contribution < -0.4 is 10.1 Å². The average Bonchev–Trinajstić information content (AvgIpc) is 3.10. The molecule has 0 unspecified atom stereocenters. The molecule has 0 spiro atoms. The standard InChI is InChI=1S/C17H12ClF2N5O/c18-12-5-1-10(2-6-12)14-9-15(25-17(21-14)22-23-24-25)11-3-7-13(8-4-11)26-16(19)20/h1-9,15-16H,(H,21,22,24)/t15-/m0/s1. The zero-order valence-corrected chi connectivity index (χ0v) is 13.9. The molecule has 0 bridgehead atoms. The van der Waals surface area contributed by atoms with Crippen molar-refractivity contribution in [1.82, 2.24) is 20.2 Å². The first kappa shape index (κ1) is 16.5. The minimum atomic E-state index is -2.86. The molecule has 0 saturated heterocycles. The summed E-state index contributed by atoms with van der Waals surface area (Å²) in [4.78, 5) is 0. The van der Waals surface area contributed by atoms with Gasteiger partial charge in [-0.25, -0.2) is 0 Å². The maximum Gasteiger partial charge on any atom is 0.387 e. The van der Waals surface area contributed by atoms with Gasteiger partial charge in [-0.05, 0) is 51.9 Å². The van der Waals surface area contributed by atoms with E-state index in [0.717, 1.165) is 16.8 Å². The van der Waals surface area contributed by atoms with Gasteiger partial charge in [0.25, 0.3) is 0 Å². The lowest BCUT2D eigenvalue weighted by Gasteiger charge is -2.23. The molecule has 1 N–H and O–H groups in total. The van der Waals surface area contributed by atoms with E-state index in [0.29, 0.717) is 11.0 Å². The van der Waals surface area contributed by atoms with E-state index in [1.807, 2.05) is 18.2 Å². The summed E-state index contributed by atoms with van der Waals surface area (Å²) in [5.41, 5.74) is 2.57. The molecule has 1 aliphatic heterocycles. The van der Waals surface area contributed by atoms with Gasteiger partial charge in [-0.15, -0.1) is 0 Å². The predicted octanol–water partition coefficient (Wildman–Crippen LogP) is 3.98. The molecular formula is C17H12ClF2N5O. The molecule has 0 radical (unpaired) electrons. The maximum atomic E-state index is 12.3. The highest BCUT2D eigenvalue weighted by atomic mass is 35.5. The monoisotopic (exact) mass is 375 g/mol. The number of ether oxygens (including phenoxy) is 1. The zero-order valence-electron chi connectivity index (χ0n) is 13.2. The molecule has 9 heteroatoms. The van der Waals surface area contributed by atoms with Gasteiger partial charge in [0.2, 0.25) is 5.95 Å². The van der Waals surface area contributed by atoms with Crippen LogP contribution in [0.25, 0.3) is 5.70 Å². The summed E-state index contributed by atoms with van der Waals surface area (Å²) in [6.45, 7) is -2.86. The lowest BCUT2D eigenvalue weighted by molar-refractivity contribution is -0.0498. The summed E-state index contributed by atoms with van der Waals surface area (Å²) in [6, 6.07) is 13.4. The van der Waals surface area contributed by atoms with E-state index in [1.54, 1.807) is 28.9 Å². The fourth-order valence-electron chi connectivity index (χ4n) is 2.74. The third-order valence-corrected chi connectivity index (χ3v) is 4.18. The molecule has 3 aromatic rings. The van der Waals surface area contributed by atoms with Crippen molar-refractivity contribution in [3.63, 3.8) is 0 Å². The van der Waals surface area contributed by atoms with E-state index in [1.165, 1.54) is 12.1 Å². The van der Waals surface area contributed by atoms with Gasteiger partial charge in [-0.2, -0.15) is 13.5 Å². The number of hydrogen-bond donors (Lipinski definition) is 1. The van der Waals surface area contributed by atoms with Gasteiger partial charge in [0.15, 0.2) is 0 Å².